The van der Waals surface area contributed by atoms with E-state index in [2.05, 4.69) is 132 Å². The fourth-order valence-corrected chi connectivity index (χ4v) is 8.01. The molecule has 44 heavy (non-hydrogen) atoms. The highest BCUT2D eigenvalue weighted by atomic mass is 16.3. The van der Waals surface area contributed by atoms with Gasteiger partial charge in [-0.15, -0.1) is 0 Å². The van der Waals surface area contributed by atoms with Crippen LogP contribution in [0.25, 0.3) is 104 Å². The Morgan fingerprint density at radius 3 is 1.93 bits per heavy atom. The van der Waals surface area contributed by atoms with Crippen LogP contribution in [0.2, 0.25) is 0 Å². The summed E-state index contributed by atoms with van der Waals surface area (Å²) in [6, 6.07) is 51.2. The molecule has 0 fully saturated rings. The number of aromatic nitrogens is 1. The molecular weight excluding hydrogens is 534 g/mol. The number of para-hydroxylation sites is 1. The van der Waals surface area contributed by atoms with E-state index in [0.717, 1.165) is 27.6 Å². The summed E-state index contributed by atoms with van der Waals surface area (Å²) in [5, 5.41) is 13.0. The van der Waals surface area contributed by atoms with Gasteiger partial charge in [-0.05, 0) is 91.6 Å². The average molecular weight is 558 g/mol. The van der Waals surface area contributed by atoms with Gasteiger partial charge in [0.15, 0.2) is 0 Å². The third-order valence-electron chi connectivity index (χ3n) is 9.86. The Balaban J connectivity index is 1.24. The number of fused-ring (bicyclic) bond motifs is 4. The maximum atomic E-state index is 6.12. The molecule has 2 heteroatoms. The van der Waals surface area contributed by atoms with Crippen LogP contribution >= 0.6 is 0 Å². The summed E-state index contributed by atoms with van der Waals surface area (Å²) in [6.07, 6.45) is 0. The second-order valence-electron chi connectivity index (χ2n) is 12.1. The maximum Gasteiger partial charge on any atom is 0.135 e. The first-order valence-corrected chi connectivity index (χ1v) is 15.2. The number of hydrogen-bond acceptors (Lipinski definition) is 1. The van der Waals surface area contributed by atoms with Gasteiger partial charge in [-0.1, -0.05) is 97.1 Å². The van der Waals surface area contributed by atoms with Crippen molar-refractivity contribution in [3.05, 3.63) is 140 Å². The van der Waals surface area contributed by atoms with Gasteiger partial charge in [0.2, 0.25) is 0 Å². The van der Waals surface area contributed by atoms with E-state index in [-0.39, 0.29) is 0 Å². The first-order chi connectivity index (χ1) is 21.8. The van der Waals surface area contributed by atoms with Crippen molar-refractivity contribution in [1.82, 2.24) is 4.57 Å². The Bertz CT molecular complexity index is 2880. The highest BCUT2D eigenvalue weighted by Crippen LogP contribution is 2.49. The standard InChI is InChI=1S/C42H23NO/c1-2-13-36-30(9-1)33-23-28(19-21-37(33)44-36)27-7-3-8-29(22-27)43-34-12-5-11-32-31-10-4-6-24-14-15-25-16-17-26-18-20-35(43)42(41(32)34)40(26)39(25)38(24)31/h1-23H. The summed E-state index contributed by atoms with van der Waals surface area (Å²) >= 11 is 0. The second kappa shape index (κ2) is 7.94. The van der Waals surface area contributed by atoms with Gasteiger partial charge in [0.05, 0.1) is 11.0 Å². The molecule has 8 aromatic carbocycles. The third-order valence-corrected chi connectivity index (χ3v) is 9.86. The minimum absolute atomic E-state index is 0.920. The van der Waals surface area contributed by atoms with Crippen LogP contribution in [0.15, 0.2) is 144 Å². The van der Waals surface area contributed by atoms with E-state index >= 15 is 0 Å². The summed E-state index contributed by atoms with van der Waals surface area (Å²) in [4.78, 5) is 0. The molecule has 1 aliphatic carbocycles. The van der Waals surface area contributed by atoms with Crippen LogP contribution in [0.4, 0.5) is 0 Å². The first-order valence-electron chi connectivity index (χ1n) is 15.2. The molecule has 2 nitrogen and oxygen atoms in total. The fourth-order valence-electron chi connectivity index (χ4n) is 8.01. The van der Waals surface area contributed by atoms with E-state index in [1.54, 1.807) is 0 Å². The molecule has 0 N–H and O–H groups in total. The van der Waals surface area contributed by atoms with E-state index in [4.69, 9.17) is 4.42 Å². The van der Waals surface area contributed by atoms with Gasteiger partial charge < -0.3 is 8.98 Å². The average Bonchev–Trinajstić information content (AvgIpc) is 3.58. The molecule has 0 aliphatic heterocycles. The molecule has 10 aromatic rings. The summed E-state index contributed by atoms with van der Waals surface area (Å²) in [6.45, 7) is 0. The summed E-state index contributed by atoms with van der Waals surface area (Å²) < 4.78 is 8.59. The molecule has 0 saturated heterocycles. The lowest BCUT2D eigenvalue weighted by molar-refractivity contribution is 0.669. The monoisotopic (exact) mass is 557 g/mol. The Morgan fingerprint density at radius 2 is 1.05 bits per heavy atom. The minimum atomic E-state index is 0.920. The summed E-state index contributed by atoms with van der Waals surface area (Å²) in [5.74, 6) is 0. The van der Waals surface area contributed by atoms with Gasteiger partial charge >= 0.3 is 0 Å². The van der Waals surface area contributed by atoms with Crippen LogP contribution in [0.1, 0.15) is 0 Å². The lowest BCUT2D eigenvalue weighted by atomic mass is 9.93. The van der Waals surface area contributed by atoms with Crippen molar-refractivity contribution in [3.8, 4) is 27.9 Å². The number of furan rings is 1. The Kier molecular flexibility index (Phi) is 4.10. The predicted molar refractivity (Wildman–Crippen MR) is 185 cm³/mol. The fraction of sp³-hybridized carbons (Fsp3) is 0. The zero-order chi connectivity index (χ0) is 28.5. The van der Waals surface area contributed by atoms with Gasteiger partial charge in [0.25, 0.3) is 0 Å². The molecule has 0 amide bonds. The van der Waals surface area contributed by atoms with E-state index in [0.29, 0.717) is 0 Å². The van der Waals surface area contributed by atoms with Crippen molar-refractivity contribution in [3.63, 3.8) is 0 Å². The molecule has 0 bridgehead atoms. The van der Waals surface area contributed by atoms with Gasteiger partial charge in [-0.25, -0.2) is 0 Å². The summed E-state index contributed by atoms with van der Waals surface area (Å²) in [5.41, 5.74) is 10.5. The Hall–Kier alpha value is -5.86. The molecule has 1 aliphatic rings. The van der Waals surface area contributed by atoms with E-state index in [9.17, 15) is 0 Å². The third kappa shape index (κ3) is 2.76. The van der Waals surface area contributed by atoms with E-state index < -0.39 is 0 Å². The molecule has 2 heterocycles. The molecule has 202 valence electrons. The zero-order valence-electron chi connectivity index (χ0n) is 23.6. The molecule has 0 spiro atoms. The SMILES string of the molecule is c1cc(-c2ccc3oc4ccccc4c3c2)cc(-n2c3cccc4c3c3c5c(ccc6ccc7cccc-4c7c65)ccc32)c1. The van der Waals surface area contributed by atoms with Crippen molar-refractivity contribution >= 4 is 76.1 Å². The van der Waals surface area contributed by atoms with E-state index in [1.165, 1.54) is 76.4 Å². The largest absolute Gasteiger partial charge is 0.456 e. The highest BCUT2D eigenvalue weighted by molar-refractivity contribution is 6.38. The molecule has 11 rings (SSSR count). The molecule has 2 aromatic heterocycles. The topological polar surface area (TPSA) is 18.1 Å². The van der Waals surface area contributed by atoms with Crippen LogP contribution in [0.3, 0.4) is 0 Å². The van der Waals surface area contributed by atoms with Gasteiger partial charge in [0, 0.05) is 32.6 Å². The van der Waals surface area contributed by atoms with Crippen LogP contribution in [0.5, 0.6) is 0 Å². The van der Waals surface area contributed by atoms with Crippen molar-refractivity contribution < 1.29 is 4.42 Å². The van der Waals surface area contributed by atoms with Crippen molar-refractivity contribution in [2.45, 2.75) is 0 Å². The quantitative estimate of drug-likeness (QED) is 0.193. The highest BCUT2D eigenvalue weighted by Gasteiger charge is 2.24. The smallest absolute Gasteiger partial charge is 0.135 e. The van der Waals surface area contributed by atoms with Crippen LogP contribution in [-0.2, 0) is 0 Å². The van der Waals surface area contributed by atoms with Gasteiger partial charge in [0.1, 0.15) is 11.2 Å². The van der Waals surface area contributed by atoms with E-state index in [1.807, 2.05) is 12.1 Å². The van der Waals surface area contributed by atoms with Crippen LogP contribution in [-0.4, -0.2) is 4.57 Å². The molecule has 0 radical (unpaired) electrons. The van der Waals surface area contributed by atoms with Crippen molar-refractivity contribution in [1.29, 1.82) is 0 Å². The zero-order valence-corrected chi connectivity index (χ0v) is 23.6. The van der Waals surface area contributed by atoms with Crippen LogP contribution < -0.4 is 0 Å². The lowest BCUT2D eigenvalue weighted by Crippen LogP contribution is -1.95. The molecule has 0 atom stereocenters. The minimum Gasteiger partial charge on any atom is -0.456 e. The van der Waals surface area contributed by atoms with Gasteiger partial charge in [-0.2, -0.15) is 0 Å². The first kappa shape index (κ1) is 22.7. The molecule has 0 saturated carbocycles. The summed E-state index contributed by atoms with van der Waals surface area (Å²) in [7, 11) is 0. The normalized spacial score (nSPS) is 12.5. The van der Waals surface area contributed by atoms with Crippen molar-refractivity contribution in [2.24, 2.45) is 0 Å². The number of hydrogen-bond donors (Lipinski definition) is 0. The number of benzene rings is 8. The Morgan fingerprint density at radius 1 is 0.386 bits per heavy atom. The number of nitrogens with zero attached hydrogens (tertiary/aromatic N) is 1. The number of rotatable bonds is 2. The maximum absolute atomic E-state index is 6.12. The van der Waals surface area contributed by atoms with Gasteiger partial charge in [-0.3, -0.25) is 0 Å². The Labute approximate surface area is 252 Å². The second-order valence-corrected chi connectivity index (χ2v) is 12.1. The lowest BCUT2D eigenvalue weighted by Gasteiger charge is -2.14. The van der Waals surface area contributed by atoms with Crippen molar-refractivity contribution in [2.75, 3.05) is 0 Å². The molecular formula is C42H23NO. The predicted octanol–water partition coefficient (Wildman–Crippen LogP) is 11.8. The molecule has 0 unspecified atom stereocenters. The van der Waals surface area contributed by atoms with Crippen LogP contribution in [0, 0.1) is 0 Å².